The number of primary amides is 1. The van der Waals surface area contributed by atoms with E-state index < -0.39 is 5.91 Å². The van der Waals surface area contributed by atoms with Crippen molar-refractivity contribution in [2.24, 2.45) is 5.73 Å². The van der Waals surface area contributed by atoms with E-state index in [1.165, 1.54) is 11.3 Å². The molecule has 10 heteroatoms. The summed E-state index contributed by atoms with van der Waals surface area (Å²) in [5.41, 5.74) is 5.94. The van der Waals surface area contributed by atoms with Gasteiger partial charge in [-0.05, 0) is 42.6 Å². The van der Waals surface area contributed by atoms with Crippen LogP contribution < -0.4 is 16.4 Å². The molecule has 150 valence electrons. The minimum Gasteiger partial charge on any atom is -0.366 e. The number of anilines is 2. The molecule has 0 aliphatic carbocycles. The van der Waals surface area contributed by atoms with Crippen LogP contribution in [-0.2, 0) is 9.59 Å². The lowest BCUT2D eigenvalue weighted by Crippen LogP contribution is -2.39. The maximum Gasteiger partial charge on any atom is 0.251 e. The molecule has 2 aromatic rings. The molecule has 0 unspecified atom stereocenters. The van der Waals surface area contributed by atoms with Crippen LogP contribution in [0.5, 0.6) is 0 Å². The van der Waals surface area contributed by atoms with Crippen molar-refractivity contribution >= 4 is 62.9 Å². The predicted molar refractivity (Wildman–Crippen MR) is 113 cm³/mol. The van der Waals surface area contributed by atoms with E-state index in [4.69, 9.17) is 28.9 Å². The van der Waals surface area contributed by atoms with Gasteiger partial charge in [0, 0.05) is 5.02 Å². The van der Waals surface area contributed by atoms with Crippen LogP contribution in [0.2, 0.25) is 10.0 Å². The summed E-state index contributed by atoms with van der Waals surface area (Å²) in [4.78, 5) is 37.7. The number of hydrogen-bond donors (Lipinski definition) is 3. The molecular weight excluding hydrogens is 423 g/mol. The second-order valence-corrected chi connectivity index (χ2v) is 7.72. The second-order valence-electron chi connectivity index (χ2n) is 5.96. The molecule has 0 saturated carbocycles. The molecule has 1 heterocycles. The summed E-state index contributed by atoms with van der Waals surface area (Å²) in [6.07, 6.45) is 0.754. The Morgan fingerprint density at radius 1 is 1.11 bits per heavy atom. The average molecular weight is 443 g/mol. The van der Waals surface area contributed by atoms with Crippen LogP contribution in [0.3, 0.4) is 0 Å². The van der Waals surface area contributed by atoms with Gasteiger partial charge in [-0.15, -0.1) is 11.3 Å². The van der Waals surface area contributed by atoms with Crippen LogP contribution in [0, 0.1) is 0 Å². The smallest absolute Gasteiger partial charge is 0.251 e. The van der Waals surface area contributed by atoms with Crippen molar-refractivity contribution in [1.29, 1.82) is 0 Å². The molecule has 2 rings (SSSR count). The van der Waals surface area contributed by atoms with Gasteiger partial charge in [-0.3, -0.25) is 19.3 Å². The van der Waals surface area contributed by atoms with Gasteiger partial charge in [-0.25, -0.2) is 0 Å². The Hall–Kier alpha value is -2.13. The van der Waals surface area contributed by atoms with Crippen molar-refractivity contribution in [3.8, 4) is 0 Å². The lowest BCUT2D eigenvalue weighted by atomic mass is 10.3. The fourth-order valence-corrected chi connectivity index (χ4v) is 3.63. The number of halogens is 2. The second kappa shape index (κ2) is 10.4. The lowest BCUT2D eigenvalue weighted by Gasteiger charge is -2.20. The first-order valence-electron chi connectivity index (χ1n) is 8.44. The van der Waals surface area contributed by atoms with Crippen molar-refractivity contribution in [3.63, 3.8) is 0 Å². The van der Waals surface area contributed by atoms with E-state index in [-0.39, 0.29) is 30.5 Å². The Balaban J connectivity index is 1.97. The third kappa shape index (κ3) is 6.49. The van der Waals surface area contributed by atoms with Crippen molar-refractivity contribution in [1.82, 2.24) is 4.90 Å². The highest BCUT2D eigenvalue weighted by atomic mass is 35.5. The molecule has 0 spiro atoms. The van der Waals surface area contributed by atoms with Crippen LogP contribution in [0.4, 0.5) is 10.7 Å². The van der Waals surface area contributed by atoms with Gasteiger partial charge < -0.3 is 16.4 Å². The van der Waals surface area contributed by atoms with Gasteiger partial charge in [0.1, 0.15) is 5.00 Å². The summed E-state index contributed by atoms with van der Waals surface area (Å²) in [5, 5.41) is 8.24. The molecular formula is C18H20Cl2N4O3S. The number of carbonyl (C=O) groups excluding carboxylic acids is 3. The summed E-state index contributed by atoms with van der Waals surface area (Å²) in [7, 11) is 0. The first kappa shape index (κ1) is 22.2. The monoisotopic (exact) mass is 442 g/mol. The molecule has 28 heavy (non-hydrogen) atoms. The van der Waals surface area contributed by atoms with Crippen molar-refractivity contribution in [2.75, 3.05) is 30.3 Å². The number of carbonyl (C=O) groups is 3. The van der Waals surface area contributed by atoms with E-state index >= 15 is 0 Å². The highest BCUT2D eigenvalue weighted by molar-refractivity contribution is 7.14. The topological polar surface area (TPSA) is 105 Å². The van der Waals surface area contributed by atoms with Gasteiger partial charge in [-0.1, -0.05) is 30.1 Å². The summed E-state index contributed by atoms with van der Waals surface area (Å²) >= 11 is 13.2. The quantitative estimate of drug-likeness (QED) is 0.552. The normalized spacial score (nSPS) is 10.7. The van der Waals surface area contributed by atoms with E-state index in [1.807, 2.05) is 6.92 Å². The van der Waals surface area contributed by atoms with Crippen LogP contribution in [0.15, 0.2) is 29.6 Å². The van der Waals surface area contributed by atoms with Crippen LogP contribution in [0.25, 0.3) is 0 Å². The number of hydrogen-bond acceptors (Lipinski definition) is 5. The van der Waals surface area contributed by atoms with Crippen molar-refractivity contribution < 1.29 is 14.4 Å². The number of rotatable bonds is 9. The molecule has 3 amide bonds. The number of nitrogens with zero attached hydrogens (tertiary/aromatic N) is 1. The van der Waals surface area contributed by atoms with Crippen LogP contribution >= 0.6 is 34.5 Å². The molecule has 0 fully saturated rings. The van der Waals surface area contributed by atoms with Gasteiger partial charge in [0.05, 0.1) is 29.4 Å². The van der Waals surface area contributed by atoms with Crippen molar-refractivity contribution in [3.05, 3.63) is 45.3 Å². The van der Waals surface area contributed by atoms with E-state index in [9.17, 15) is 14.4 Å². The summed E-state index contributed by atoms with van der Waals surface area (Å²) < 4.78 is 0. The molecule has 0 aliphatic rings. The number of benzene rings is 1. The number of thiophene rings is 1. The first-order valence-corrected chi connectivity index (χ1v) is 10.1. The van der Waals surface area contributed by atoms with Gasteiger partial charge in [-0.2, -0.15) is 0 Å². The highest BCUT2D eigenvalue weighted by Crippen LogP contribution is 2.25. The zero-order valence-corrected chi connectivity index (χ0v) is 17.5. The molecule has 0 radical (unpaired) electrons. The number of nitrogens with two attached hydrogens (primary N) is 1. The largest absolute Gasteiger partial charge is 0.366 e. The molecule has 1 aromatic heterocycles. The summed E-state index contributed by atoms with van der Waals surface area (Å²) in [6, 6.07) is 6.32. The van der Waals surface area contributed by atoms with Crippen LogP contribution in [0.1, 0.15) is 23.7 Å². The van der Waals surface area contributed by atoms with E-state index in [0.29, 0.717) is 27.3 Å². The Morgan fingerprint density at radius 3 is 2.43 bits per heavy atom. The van der Waals surface area contributed by atoms with E-state index in [2.05, 4.69) is 10.6 Å². The number of amides is 3. The molecule has 4 N–H and O–H groups in total. The molecule has 1 aromatic carbocycles. The third-order valence-electron chi connectivity index (χ3n) is 3.66. The van der Waals surface area contributed by atoms with Gasteiger partial charge >= 0.3 is 0 Å². The zero-order chi connectivity index (χ0) is 20.7. The first-order chi connectivity index (χ1) is 13.3. The Morgan fingerprint density at radius 2 is 1.79 bits per heavy atom. The fraction of sp³-hybridized carbons (Fsp3) is 0.278. The highest BCUT2D eigenvalue weighted by Gasteiger charge is 2.17. The molecule has 0 saturated heterocycles. The fourth-order valence-electron chi connectivity index (χ4n) is 2.49. The third-order valence-corrected chi connectivity index (χ3v) is 5.05. The minimum absolute atomic E-state index is 0.00276. The molecule has 7 nitrogen and oxygen atoms in total. The number of nitrogens with one attached hydrogen (secondary N) is 2. The van der Waals surface area contributed by atoms with Gasteiger partial charge in [0.15, 0.2) is 0 Å². The zero-order valence-electron chi connectivity index (χ0n) is 15.1. The summed E-state index contributed by atoms with van der Waals surface area (Å²) in [5.74, 6) is -1.27. The van der Waals surface area contributed by atoms with Gasteiger partial charge in [0.25, 0.3) is 5.91 Å². The Bertz CT molecular complexity index is 872. The summed E-state index contributed by atoms with van der Waals surface area (Å²) in [6.45, 7) is 2.47. The van der Waals surface area contributed by atoms with E-state index in [1.54, 1.807) is 34.5 Å². The van der Waals surface area contributed by atoms with Gasteiger partial charge in [0.2, 0.25) is 11.8 Å². The molecule has 0 atom stereocenters. The Kier molecular flexibility index (Phi) is 8.25. The van der Waals surface area contributed by atoms with Crippen molar-refractivity contribution in [2.45, 2.75) is 13.3 Å². The average Bonchev–Trinajstić information content (AvgIpc) is 3.06. The lowest BCUT2D eigenvalue weighted by molar-refractivity contribution is -0.120. The SMILES string of the molecule is CCCN(CC(=O)Nc1cc(Cl)ccc1Cl)CC(=O)Nc1sccc1C(N)=O. The molecule has 0 bridgehead atoms. The standard InChI is InChI=1S/C18H20Cl2N4O3S/c1-2-6-24(9-15(25)22-14-8-11(19)3-4-13(14)20)10-16(26)23-18-12(17(21)27)5-7-28-18/h3-5,7-8H,2,6,9-10H2,1H3,(H2,21,27)(H,22,25)(H,23,26). The van der Waals surface area contributed by atoms with E-state index in [0.717, 1.165) is 6.42 Å². The maximum absolute atomic E-state index is 12.4. The predicted octanol–water partition coefficient (Wildman–Crippen LogP) is 3.44. The minimum atomic E-state index is -0.611. The van der Waals surface area contributed by atoms with Crippen LogP contribution in [-0.4, -0.2) is 42.3 Å². The molecule has 0 aliphatic heterocycles. The maximum atomic E-state index is 12.4. The Labute approximate surface area is 176 Å².